The van der Waals surface area contributed by atoms with E-state index in [9.17, 15) is 86.4 Å². The Hall–Kier alpha value is -0.432. The van der Waals surface area contributed by atoms with E-state index in [0.29, 0.717) is 0 Å². The number of rotatable bonds is 4. The van der Waals surface area contributed by atoms with Gasteiger partial charge in [-0.3, -0.25) is 0 Å². The van der Waals surface area contributed by atoms with E-state index >= 15 is 0 Å². The van der Waals surface area contributed by atoms with E-state index < -0.39 is 70.4 Å². The topological polar surface area (TPSA) is 161 Å². The summed E-state index contributed by atoms with van der Waals surface area (Å²) >= 11 is 0. The summed E-state index contributed by atoms with van der Waals surface area (Å²) < 4.78 is 217. The van der Waals surface area contributed by atoms with Gasteiger partial charge >= 0.3 is 62.1 Å². The molecule has 0 rings (SSSR count). The summed E-state index contributed by atoms with van der Waals surface area (Å²) in [5.41, 5.74) is -24.6. The van der Waals surface area contributed by atoms with Crippen molar-refractivity contribution in [1.29, 1.82) is 0 Å². The number of alkyl halides is 12. The molecule has 0 aliphatic heterocycles. The Balaban J connectivity index is -0.000000490. The van der Waals surface area contributed by atoms with Gasteiger partial charge in [-0.05, 0) is 0 Å². The second-order valence-electron chi connectivity index (χ2n) is 3.96. The molecule has 0 amide bonds. The van der Waals surface area contributed by atoms with Gasteiger partial charge in [0.1, 0.15) is 0 Å². The van der Waals surface area contributed by atoms with Crippen LogP contribution in [0.2, 0.25) is 0 Å². The SMILES string of the molecule is O=S(=O)(NS(=O)(=O)C(F)(F)F)C(F)(F)F.O=S(=O)(NS(=O)(=O)C(F)(F)F)C(F)(F)F.[W]. The number of nitrogens with one attached hydrogen (secondary N) is 2. The Labute approximate surface area is 177 Å². The van der Waals surface area contributed by atoms with Crippen molar-refractivity contribution in [1.82, 2.24) is 8.25 Å². The largest absolute Gasteiger partial charge is 0.512 e. The van der Waals surface area contributed by atoms with Crippen LogP contribution in [0.5, 0.6) is 0 Å². The zero-order valence-corrected chi connectivity index (χ0v) is 19.0. The maximum Gasteiger partial charge on any atom is 0.512 e. The van der Waals surface area contributed by atoms with Crippen LogP contribution in [0.1, 0.15) is 0 Å². The molecule has 190 valence electrons. The summed E-state index contributed by atoms with van der Waals surface area (Å²) in [6.07, 6.45) is 0. The molecule has 0 radical (unpaired) electrons. The first-order valence-corrected chi connectivity index (χ1v) is 11.2. The fourth-order valence-electron chi connectivity index (χ4n) is 0.478. The van der Waals surface area contributed by atoms with E-state index in [4.69, 9.17) is 0 Å². The van der Waals surface area contributed by atoms with Crippen molar-refractivity contribution in [3.8, 4) is 0 Å². The Morgan fingerprint density at radius 2 is 0.452 bits per heavy atom. The van der Waals surface area contributed by atoms with Crippen molar-refractivity contribution in [3.63, 3.8) is 0 Å². The third-order valence-corrected chi connectivity index (χ3v) is 7.61. The van der Waals surface area contributed by atoms with Gasteiger partial charge < -0.3 is 0 Å². The Bertz CT molecular complexity index is 862. The number of sulfonamides is 4. The molecule has 0 saturated carbocycles. The molecule has 0 unspecified atom stereocenters. The molecule has 0 aromatic rings. The monoisotopic (exact) mass is 746 g/mol. The first-order chi connectivity index (χ1) is 12.4. The molecule has 0 atom stereocenters. The molecule has 0 heterocycles. The van der Waals surface area contributed by atoms with Gasteiger partial charge in [0, 0.05) is 21.1 Å². The Kier molecular flexibility index (Phi) is 11.1. The maximum absolute atomic E-state index is 11.5. The summed E-state index contributed by atoms with van der Waals surface area (Å²) in [5, 5.41) is 0. The molecular formula is C4H2F12N2O8S4W. The van der Waals surface area contributed by atoms with Crippen LogP contribution in [0, 0.1) is 0 Å². The zero-order valence-electron chi connectivity index (χ0n) is 12.8. The molecule has 10 nitrogen and oxygen atoms in total. The van der Waals surface area contributed by atoms with Crippen LogP contribution in [0.25, 0.3) is 0 Å². The van der Waals surface area contributed by atoms with Crippen LogP contribution in [-0.2, 0) is 61.2 Å². The van der Waals surface area contributed by atoms with Crippen LogP contribution in [0.4, 0.5) is 52.7 Å². The fourth-order valence-corrected chi connectivity index (χ4v) is 4.30. The minimum atomic E-state index is -6.60. The number of halogens is 12. The molecule has 0 aliphatic rings. The fraction of sp³-hybridized carbons (Fsp3) is 1.00. The smallest absolute Gasteiger partial charge is 0.202 e. The van der Waals surface area contributed by atoms with Gasteiger partial charge in [0.15, 0.2) is 0 Å². The van der Waals surface area contributed by atoms with Crippen molar-refractivity contribution >= 4 is 40.1 Å². The third kappa shape index (κ3) is 9.93. The minimum Gasteiger partial charge on any atom is -0.202 e. The van der Waals surface area contributed by atoms with E-state index in [0.717, 1.165) is 0 Å². The molecule has 0 aromatic heterocycles. The minimum absolute atomic E-state index is 0. The maximum atomic E-state index is 11.5. The average molecular weight is 746 g/mol. The summed E-state index contributed by atoms with van der Waals surface area (Å²) in [6.45, 7) is 0. The molecule has 0 saturated heterocycles. The molecule has 0 aromatic carbocycles. The van der Waals surface area contributed by atoms with Crippen molar-refractivity contribution < 1.29 is 107 Å². The van der Waals surface area contributed by atoms with Crippen molar-refractivity contribution in [2.45, 2.75) is 22.0 Å². The molecule has 0 aliphatic carbocycles. The summed E-state index contributed by atoms with van der Waals surface area (Å²) in [5.74, 6) is 0. The van der Waals surface area contributed by atoms with Crippen molar-refractivity contribution in [3.05, 3.63) is 0 Å². The second-order valence-corrected chi connectivity index (χ2v) is 11.2. The average Bonchev–Trinajstić information content (AvgIpc) is 2.30. The van der Waals surface area contributed by atoms with Gasteiger partial charge in [0.05, 0.1) is 0 Å². The van der Waals surface area contributed by atoms with Crippen LogP contribution in [0.15, 0.2) is 0 Å². The first kappa shape index (κ1) is 35.2. The van der Waals surface area contributed by atoms with Crippen LogP contribution < -0.4 is 8.25 Å². The van der Waals surface area contributed by atoms with Gasteiger partial charge in [-0.15, -0.1) is 0 Å². The number of hydrogen-bond donors (Lipinski definition) is 2. The molecular weight excluding hydrogens is 744 g/mol. The standard InChI is InChI=1S/2C2HF6NO4S2.W/c2*3-1(4,5)14(10,11)9-15(12,13)2(6,7)8;/h2*9H;. The van der Waals surface area contributed by atoms with E-state index in [1.54, 1.807) is 0 Å². The predicted molar refractivity (Wildman–Crippen MR) is 66.2 cm³/mol. The molecule has 27 heteroatoms. The number of hydrogen-bond acceptors (Lipinski definition) is 8. The van der Waals surface area contributed by atoms with Gasteiger partial charge in [0.2, 0.25) is 0 Å². The quantitative estimate of drug-likeness (QED) is 0.395. The van der Waals surface area contributed by atoms with Crippen molar-refractivity contribution in [2.24, 2.45) is 0 Å². The molecule has 0 fully saturated rings. The molecule has 0 spiro atoms. The first-order valence-electron chi connectivity index (χ1n) is 5.23. The van der Waals surface area contributed by atoms with Crippen LogP contribution >= 0.6 is 0 Å². The van der Waals surface area contributed by atoms with E-state index in [1.807, 2.05) is 0 Å². The van der Waals surface area contributed by atoms with E-state index in [-0.39, 0.29) is 21.1 Å². The Morgan fingerprint density at radius 3 is 0.516 bits per heavy atom. The molecule has 2 N–H and O–H groups in total. The van der Waals surface area contributed by atoms with Gasteiger partial charge in [-0.2, -0.15) is 52.7 Å². The van der Waals surface area contributed by atoms with Gasteiger partial charge in [-0.1, -0.05) is 8.25 Å². The zero-order chi connectivity index (χ0) is 25.4. The second kappa shape index (κ2) is 9.82. The predicted octanol–water partition coefficient (Wildman–Crippen LogP) is 0.548. The van der Waals surface area contributed by atoms with E-state index in [1.165, 1.54) is 0 Å². The van der Waals surface area contributed by atoms with Crippen LogP contribution in [-0.4, -0.2) is 55.7 Å². The van der Waals surface area contributed by atoms with Gasteiger partial charge in [-0.25, -0.2) is 33.7 Å². The third-order valence-electron chi connectivity index (χ3n) is 1.66. The van der Waals surface area contributed by atoms with E-state index in [2.05, 4.69) is 0 Å². The van der Waals surface area contributed by atoms with Crippen LogP contribution in [0.3, 0.4) is 0 Å². The van der Waals surface area contributed by atoms with Gasteiger partial charge in [0.25, 0.3) is 0 Å². The normalized spacial score (nSPS) is 14.8. The molecule has 31 heavy (non-hydrogen) atoms. The summed E-state index contributed by atoms with van der Waals surface area (Å²) in [6, 6.07) is 0. The summed E-state index contributed by atoms with van der Waals surface area (Å²) in [7, 11) is -26.4. The van der Waals surface area contributed by atoms with Crippen molar-refractivity contribution in [2.75, 3.05) is 0 Å². The summed E-state index contributed by atoms with van der Waals surface area (Å²) in [4.78, 5) is 0. The molecule has 0 bridgehead atoms. The Morgan fingerprint density at radius 1 is 0.355 bits per heavy atom.